The fourth-order valence-electron chi connectivity index (χ4n) is 1.43. The number of nitrogens with zero attached hydrogens (tertiary/aromatic N) is 1. The number of rotatable bonds is 7. The zero-order valence-electron chi connectivity index (χ0n) is 11.7. The van der Waals surface area contributed by atoms with Crippen molar-refractivity contribution >= 4 is 11.8 Å². The van der Waals surface area contributed by atoms with Crippen LogP contribution in [0.5, 0.6) is 0 Å². The van der Waals surface area contributed by atoms with Crippen LogP contribution in [0.4, 0.5) is 4.39 Å². The normalized spacial score (nSPS) is 11.5. The predicted molar refractivity (Wildman–Crippen MR) is 77.7 cm³/mol. The van der Waals surface area contributed by atoms with E-state index >= 15 is 0 Å². The van der Waals surface area contributed by atoms with Gasteiger partial charge in [-0.1, -0.05) is 19.9 Å². The average Bonchev–Trinajstić information content (AvgIpc) is 2.28. The first kappa shape index (κ1) is 15.5. The van der Waals surface area contributed by atoms with Crippen LogP contribution < -0.4 is 5.32 Å². The average molecular weight is 270 g/mol. The molecule has 0 aliphatic rings. The van der Waals surface area contributed by atoms with Gasteiger partial charge in [0.15, 0.2) is 0 Å². The van der Waals surface area contributed by atoms with Crippen LogP contribution in [0, 0.1) is 5.82 Å². The molecular formula is C14H23FN2S. The lowest BCUT2D eigenvalue weighted by Crippen LogP contribution is -2.21. The van der Waals surface area contributed by atoms with Crippen LogP contribution in [0.25, 0.3) is 0 Å². The smallest absolute Gasteiger partial charge is 0.137 e. The van der Waals surface area contributed by atoms with E-state index in [0.717, 1.165) is 29.3 Å². The largest absolute Gasteiger partial charge is 0.310 e. The highest BCUT2D eigenvalue weighted by Gasteiger charge is 2.05. The van der Waals surface area contributed by atoms with Crippen LogP contribution in [0.3, 0.4) is 0 Å². The van der Waals surface area contributed by atoms with E-state index in [9.17, 15) is 4.39 Å². The summed E-state index contributed by atoms with van der Waals surface area (Å²) in [5.41, 5.74) is 0.998. The van der Waals surface area contributed by atoms with Crippen molar-refractivity contribution in [3.8, 4) is 0 Å². The van der Waals surface area contributed by atoms with Crippen molar-refractivity contribution in [1.82, 2.24) is 10.2 Å². The molecule has 1 N–H and O–H groups in total. The fourth-order valence-corrected chi connectivity index (χ4v) is 2.47. The SMILES string of the molecule is CC(C)NCc1ccc(SCCN(C)C)c(F)c1. The first-order chi connectivity index (χ1) is 8.49. The highest BCUT2D eigenvalue weighted by atomic mass is 32.2. The topological polar surface area (TPSA) is 15.3 Å². The Labute approximate surface area is 114 Å². The Kier molecular flexibility index (Phi) is 6.68. The Morgan fingerprint density at radius 1 is 1.33 bits per heavy atom. The number of hydrogen-bond donors (Lipinski definition) is 1. The third kappa shape index (κ3) is 5.85. The van der Waals surface area contributed by atoms with Crippen LogP contribution in [-0.2, 0) is 6.54 Å². The Morgan fingerprint density at radius 3 is 2.61 bits per heavy atom. The van der Waals surface area contributed by atoms with E-state index in [1.54, 1.807) is 17.8 Å². The highest BCUT2D eigenvalue weighted by molar-refractivity contribution is 7.99. The molecule has 0 bridgehead atoms. The number of halogens is 1. The van der Waals surface area contributed by atoms with E-state index in [4.69, 9.17) is 0 Å². The van der Waals surface area contributed by atoms with Crippen molar-refractivity contribution < 1.29 is 4.39 Å². The van der Waals surface area contributed by atoms with E-state index in [1.165, 1.54) is 0 Å². The van der Waals surface area contributed by atoms with E-state index in [-0.39, 0.29) is 5.82 Å². The van der Waals surface area contributed by atoms with Gasteiger partial charge in [-0.25, -0.2) is 4.39 Å². The molecule has 0 heterocycles. The van der Waals surface area contributed by atoms with Gasteiger partial charge in [0.05, 0.1) is 0 Å². The van der Waals surface area contributed by atoms with Gasteiger partial charge in [-0.05, 0) is 31.8 Å². The zero-order chi connectivity index (χ0) is 13.5. The van der Waals surface area contributed by atoms with Gasteiger partial charge in [-0.15, -0.1) is 11.8 Å². The highest BCUT2D eigenvalue weighted by Crippen LogP contribution is 2.22. The summed E-state index contributed by atoms with van der Waals surface area (Å²) < 4.78 is 13.8. The molecule has 0 amide bonds. The molecule has 0 spiro atoms. The van der Waals surface area contributed by atoms with Crippen LogP contribution in [0.15, 0.2) is 23.1 Å². The Balaban J connectivity index is 2.51. The minimum Gasteiger partial charge on any atom is -0.310 e. The molecule has 0 aliphatic heterocycles. The van der Waals surface area contributed by atoms with Gasteiger partial charge in [-0.2, -0.15) is 0 Å². The van der Waals surface area contributed by atoms with Crippen molar-refractivity contribution in [2.24, 2.45) is 0 Å². The Bertz CT molecular complexity index is 367. The molecule has 2 nitrogen and oxygen atoms in total. The lowest BCUT2D eigenvalue weighted by Gasteiger charge is -2.11. The van der Waals surface area contributed by atoms with E-state index in [0.29, 0.717) is 6.04 Å². The minimum absolute atomic E-state index is 0.109. The third-order valence-electron chi connectivity index (χ3n) is 2.51. The Morgan fingerprint density at radius 2 is 2.06 bits per heavy atom. The molecule has 0 saturated heterocycles. The Hall–Kier alpha value is -0.580. The van der Waals surface area contributed by atoms with Gasteiger partial charge in [0, 0.05) is 29.8 Å². The minimum atomic E-state index is -0.109. The summed E-state index contributed by atoms with van der Waals surface area (Å²) in [6, 6.07) is 5.93. The molecule has 1 rings (SSSR count). The number of thioether (sulfide) groups is 1. The maximum atomic E-state index is 13.8. The molecular weight excluding hydrogens is 247 g/mol. The fraction of sp³-hybridized carbons (Fsp3) is 0.571. The maximum Gasteiger partial charge on any atom is 0.137 e. The summed E-state index contributed by atoms with van der Waals surface area (Å²) in [4.78, 5) is 2.84. The second kappa shape index (κ2) is 7.77. The predicted octanol–water partition coefficient (Wildman–Crippen LogP) is 2.98. The molecule has 0 saturated carbocycles. The molecule has 0 fully saturated rings. The summed E-state index contributed by atoms with van der Waals surface area (Å²) >= 11 is 1.57. The van der Waals surface area contributed by atoms with Gasteiger partial charge in [0.1, 0.15) is 5.82 Å². The van der Waals surface area contributed by atoms with Crippen molar-refractivity contribution in [2.75, 3.05) is 26.4 Å². The standard InChI is InChI=1S/C14H23FN2S/c1-11(2)16-10-12-5-6-14(13(15)9-12)18-8-7-17(3)4/h5-6,9,11,16H,7-8,10H2,1-4H3. The molecule has 0 aromatic heterocycles. The second-order valence-corrected chi connectivity index (χ2v) is 6.09. The summed E-state index contributed by atoms with van der Waals surface area (Å²) in [5, 5.41) is 3.29. The molecule has 0 atom stereocenters. The second-order valence-electron chi connectivity index (χ2n) is 4.95. The van der Waals surface area contributed by atoms with Crippen molar-refractivity contribution in [1.29, 1.82) is 0 Å². The molecule has 4 heteroatoms. The van der Waals surface area contributed by atoms with E-state index in [1.807, 2.05) is 26.2 Å². The van der Waals surface area contributed by atoms with Gasteiger partial charge >= 0.3 is 0 Å². The summed E-state index contributed by atoms with van der Waals surface area (Å²) in [6.07, 6.45) is 0. The molecule has 1 aromatic rings. The van der Waals surface area contributed by atoms with Crippen molar-refractivity contribution in [3.05, 3.63) is 29.6 Å². The lowest BCUT2D eigenvalue weighted by molar-refractivity contribution is 0.437. The van der Waals surface area contributed by atoms with Crippen LogP contribution in [0.2, 0.25) is 0 Å². The summed E-state index contributed by atoms with van der Waals surface area (Å²) in [6.45, 7) is 5.85. The molecule has 0 aliphatic carbocycles. The van der Waals surface area contributed by atoms with Gasteiger partial charge < -0.3 is 10.2 Å². The zero-order valence-corrected chi connectivity index (χ0v) is 12.5. The molecule has 0 unspecified atom stereocenters. The van der Waals surface area contributed by atoms with Gasteiger partial charge in [0.2, 0.25) is 0 Å². The number of benzene rings is 1. The molecule has 1 aromatic carbocycles. The van der Waals surface area contributed by atoms with Crippen LogP contribution in [-0.4, -0.2) is 37.3 Å². The molecule has 102 valence electrons. The first-order valence-electron chi connectivity index (χ1n) is 6.28. The maximum absolute atomic E-state index is 13.8. The lowest BCUT2D eigenvalue weighted by atomic mass is 10.2. The monoisotopic (exact) mass is 270 g/mol. The quantitative estimate of drug-likeness (QED) is 0.767. The van der Waals surface area contributed by atoms with Crippen molar-refractivity contribution in [2.45, 2.75) is 31.3 Å². The van der Waals surface area contributed by atoms with Crippen molar-refractivity contribution in [3.63, 3.8) is 0 Å². The van der Waals surface area contributed by atoms with Gasteiger partial charge in [-0.3, -0.25) is 0 Å². The van der Waals surface area contributed by atoms with E-state index < -0.39 is 0 Å². The molecule has 18 heavy (non-hydrogen) atoms. The van der Waals surface area contributed by atoms with Crippen LogP contribution >= 0.6 is 11.8 Å². The van der Waals surface area contributed by atoms with E-state index in [2.05, 4.69) is 24.1 Å². The van der Waals surface area contributed by atoms with Crippen LogP contribution in [0.1, 0.15) is 19.4 Å². The first-order valence-corrected chi connectivity index (χ1v) is 7.27. The number of nitrogens with one attached hydrogen (secondary N) is 1. The number of hydrogen-bond acceptors (Lipinski definition) is 3. The summed E-state index contributed by atoms with van der Waals surface area (Å²) in [5.74, 6) is 0.801. The third-order valence-corrected chi connectivity index (χ3v) is 3.54. The van der Waals surface area contributed by atoms with Gasteiger partial charge in [0.25, 0.3) is 0 Å². The summed E-state index contributed by atoms with van der Waals surface area (Å²) in [7, 11) is 4.05. The molecule has 0 radical (unpaired) electrons.